The molecule has 2 rings (SSSR count). The second-order valence-electron chi connectivity index (χ2n) is 4.09. The third-order valence-electron chi connectivity index (χ3n) is 2.73. The smallest absolute Gasteiger partial charge is 0.161 e. The lowest BCUT2D eigenvalue weighted by molar-refractivity contribution is -0.0800. The van der Waals surface area contributed by atoms with Crippen LogP contribution in [0.15, 0.2) is 12.1 Å². The molecular weight excluding hydrogens is 262 g/mol. The van der Waals surface area contributed by atoms with Crippen LogP contribution in [0.1, 0.15) is 11.9 Å². The molecule has 0 saturated carbocycles. The zero-order chi connectivity index (χ0) is 14.2. The summed E-state index contributed by atoms with van der Waals surface area (Å²) in [7, 11) is 0. The quantitative estimate of drug-likeness (QED) is 0.520. The molecule has 104 valence electrons. The minimum Gasteiger partial charge on any atom is -0.394 e. The number of aromatic amines is 1. The standard InChI is InChI=1S/C11H12F2N2O4/c12-4-1-6-7(2-5(4)13)15-11(14-6)10(19)9(18)8(17)3-16/h1-2,8-10,16-19H,3H2,(H,14,15)/t8-,9-,10+/m1/s1. The van der Waals surface area contributed by atoms with Gasteiger partial charge in [0.2, 0.25) is 0 Å². The predicted molar refractivity (Wildman–Crippen MR) is 60.1 cm³/mol. The molecule has 0 aliphatic carbocycles. The first-order chi connectivity index (χ1) is 8.93. The number of benzene rings is 1. The van der Waals surface area contributed by atoms with E-state index in [0.717, 1.165) is 12.1 Å². The fourth-order valence-corrected chi connectivity index (χ4v) is 1.64. The number of halogens is 2. The molecule has 19 heavy (non-hydrogen) atoms. The Labute approximate surface area is 106 Å². The monoisotopic (exact) mass is 274 g/mol. The van der Waals surface area contributed by atoms with Crippen molar-refractivity contribution in [2.45, 2.75) is 18.3 Å². The number of aromatic nitrogens is 2. The van der Waals surface area contributed by atoms with E-state index in [4.69, 9.17) is 5.11 Å². The predicted octanol–water partition coefficient (Wildman–Crippen LogP) is -0.411. The summed E-state index contributed by atoms with van der Waals surface area (Å²) in [5.41, 5.74) is 0.206. The van der Waals surface area contributed by atoms with Gasteiger partial charge in [-0.2, -0.15) is 0 Å². The molecule has 1 aromatic heterocycles. The maximum absolute atomic E-state index is 13.0. The molecule has 0 fully saturated rings. The Morgan fingerprint density at radius 1 is 1.16 bits per heavy atom. The average Bonchev–Trinajstić information content (AvgIpc) is 2.79. The lowest BCUT2D eigenvalue weighted by Crippen LogP contribution is -2.35. The van der Waals surface area contributed by atoms with Crippen LogP contribution < -0.4 is 0 Å². The van der Waals surface area contributed by atoms with Crippen LogP contribution in [0.2, 0.25) is 0 Å². The normalized spacial score (nSPS) is 16.5. The van der Waals surface area contributed by atoms with Gasteiger partial charge in [-0.3, -0.25) is 0 Å². The van der Waals surface area contributed by atoms with E-state index in [1.807, 2.05) is 0 Å². The highest BCUT2D eigenvalue weighted by molar-refractivity contribution is 5.75. The zero-order valence-corrected chi connectivity index (χ0v) is 9.59. The Morgan fingerprint density at radius 2 is 1.79 bits per heavy atom. The first-order valence-electron chi connectivity index (χ1n) is 5.43. The van der Waals surface area contributed by atoms with Crippen molar-refractivity contribution in [1.82, 2.24) is 9.97 Å². The molecule has 0 amide bonds. The number of rotatable bonds is 4. The summed E-state index contributed by atoms with van der Waals surface area (Å²) < 4.78 is 26.0. The SMILES string of the molecule is OC[C@@H](O)[C@@H](O)[C@H](O)c1nc2cc(F)c(F)cc2[nH]1. The Bertz CT molecular complexity index is 550. The van der Waals surface area contributed by atoms with E-state index in [1.165, 1.54) is 0 Å². The van der Waals surface area contributed by atoms with Gasteiger partial charge in [-0.15, -0.1) is 0 Å². The second-order valence-corrected chi connectivity index (χ2v) is 4.09. The number of aliphatic hydroxyl groups excluding tert-OH is 4. The van der Waals surface area contributed by atoms with Crippen molar-refractivity contribution in [3.8, 4) is 0 Å². The summed E-state index contributed by atoms with van der Waals surface area (Å²) in [6, 6.07) is 1.70. The van der Waals surface area contributed by atoms with Crippen LogP contribution in [0.3, 0.4) is 0 Å². The highest BCUT2D eigenvalue weighted by Gasteiger charge is 2.28. The Morgan fingerprint density at radius 3 is 2.42 bits per heavy atom. The van der Waals surface area contributed by atoms with E-state index in [2.05, 4.69) is 9.97 Å². The number of H-pyrrole nitrogens is 1. The zero-order valence-electron chi connectivity index (χ0n) is 9.59. The maximum Gasteiger partial charge on any atom is 0.161 e. The van der Waals surface area contributed by atoms with Crippen molar-refractivity contribution in [1.29, 1.82) is 0 Å². The van der Waals surface area contributed by atoms with Crippen LogP contribution in [-0.4, -0.2) is 49.2 Å². The molecule has 5 N–H and O–H groups in total. The van der Waals surface area contributed by atoms with Crippen molar-refractivity contribution in [3.05, 3.63) is 29.6 Å². The first-order valence-corrected chi connectivity index (χ1v) is 5.43. The van der Waals surface area contributed by atoms with Crippen LogP contribution in [0.5, 0.6) is 0 Å². The fourth-order valence-electron chi connectivity index (χ4n) is 1.64. The van der Waals surface area contributed by atoms with Crippen molar-refractivity contribution in [3.63, 3.8) is 0 Å². The molecule has 1 heterocycles. The van der Waals surface area contributed by atoms with Crippen molar-refractivity contribution in [2.24, 2.45) is 0 Å². The molecule has 3 atom stereocenters. The van der Waals surface area contributed by atoms with Gasteiger partial charge in [0.1, 0.15) is 24.1 Å². The van der Waals surface area contributed by atoms with E-state index in [9.17, 15) is 24.1 Å². The maximum atomic E-state index is 13.0. The van der Waals surface area contributed by atoms with E-state index >= 15 is 0 Å². The van der Waals surface area contributed by atoms with Gasteiger partial charge < -0.3 is 25.4 Å². The molecule has 0 bridgehead atoms. The molecule has 0 saturated heterocycles. The van der Waals surface area contributed by atoms with Gasteiger partial charge in [-0.1, -0.05) is 0 Å². The first kappa shape index (κ1) is 13.8. The van der Waals surface area contributed by atoms with Gasteiger partial charge in [-0.05, 0) is 0 Å². The Kier molecular flexibility index (Phi) is 3.76. The lowest BCUT2D eigenvalue weighted by atomic mass is 10.1. The van der Waals surface area contributed by atoms with Crippen LogP contribution in [0.4, 0.5) is 8.78 Å². The minimum absolute atomic E-state index is 0.0682. The number of nitrogens with one attached hydrogen (secondary N) is 1. The summed E-state index contributed by atoms with van der Waals surface area (Å²) in [4.78, 5) is 6.29. The minimum atomic E-state index is -1.68. The molecular formula is C11H12F2N2O4. The van der Waals surface area contributed by atoms with Crippen molar-refractivity contribution >= 4 is 11.0 Å². The summed E-state index contributed by atoms with van der Waals surface area (Å²) in [6.07, 6.45) is -4.86. The van der Waals surface area contributed by atoms with Gasteiger partial charge in [0.15, 0.2) is 11.6 Å². The number of aliphatic hydroxyl groups is 4. The molecule has 0 radical (unpaired) electrons. The Hall–Kier alpha value is -1.61. The van der Waals surface area contributed by atoms with Gasteiger partial charge >= 0.3 is 0 Å². The topological polar surface area (TPSA) is 110 Å². The fraction of sp³-hybridized carbons (Fsp3) is 0.364. The van der Waals surface area contributed by atoms with E-state index in [-0.39, 0.29) is 16.9 Å². The number of hydrogen-bond acceptors (Lipinski definition) is 5. The number of hydrogen-bond donors (Lipinski definition) is 5. The van der Waals surface area contributed by atoms with Crippen LogP contribution in [-0.2, 0) is 0 Å². The molecule has 0 aliphatic rings. The van der Waals surface area contributed by atoms with Crippen LogP contribution in [0.25, 0.3) is 11.0 Å². The van der Waals surface area contributed by atoms with Crippen molar-refractivity contribution in [2.75, 3.05) is 6.61 Å². The molecule has 8 heteroatoms. The molecule has 6 nitrogen and oxygen atoms in total. The Balaban J connectivity index is 2.35. The van der Waals surface area contributed by atoms with E-state index < -0.39 is 36.6 Å². The molecule has 0 spiro atoms. The number of imidazole rings is 1. The highest BCUT2D eigenvalue weighted by atomic mass is 19.2. The third-order valence-corrected chi connectivity index (χ3v) is 2.73. The molecule has 2 aromatic rings. The summed E-state index contributed by atoms with van der Waals surface area (Å²) in [5.74, 6) is -2.33. The van der Waals surface area contributed by atoms with E-state index in [1.54, 1.807) is 0 Å². The summed E-state index contributed by atoms with van der Waals surface area (Å²) in [5, 5.41) is 37.1. The molecule has 0 aliphatic heterocycles. The van der Waals surface area contributed by atoms with Gasteiger partial charge in [-0.25, -0.2) is 13.8 Å². The third kappa shape index (κ3) is 2.56. The van der Waals surface area contributed by atoms with E-state index in [0.29, 0.717) is 0 Å². The van der Waals surface area contributed by atoms with Gasteiger partial charge in [0, 0.05) is 12.1 Å². The molecule has 0 unspecified atom stereocenters. The summed E-state index contributed by atoms with van der Waals surface area (Å²) >= 11 is 0. The molecule has 1 aromatic carbocycles. The van der Waals surface area contributed by atoms with Crippen LogP contribution >= 0.6 is 0 Å². The highest BCUT2D eigenvalue weighted by Crippen LogP contribution is 2.22. The van der Waals surface area contributed by atoms with Crippen LogP contribution in [0, 0.1) is 11.6 Å². The van der Waals surface area contributed by atoms with Gasteiger partial charge in [0.25, 0.3) is 0 Å². The van der Waals surface area contributed by atoms with Crippen molar-refractivity contribution < 1.29 is 29.2 Å². The lowest BCUT2D eigenvalue weighted by Gasteiger charge is -2.19. The largest absolute Gasteiger partial charge is 0.394 e. The second kappa shape index (κ2) is 5.17. The average molecular weight is 274 g/mol. The number of fused-ring (bicyclic) bond motifs is 1. The number of nitrogens with zero attached hydrogens (tertiary/aromatic N) is 1. The van der Waals surface area contributed by atoms with Gasteiger partial charge in [0.05, 0.1) is 17.6 Å². The summed E-state index contributed by atoms with van der Waals surface area (Å²) in [6.45, 7) is -0.748.